The minimum atomic E-state index is -1.46. The first-order valence-electron chi connectivity index (χ1n) is 4.74. The SMILES string of the molecule is C[Si](C)(C)C#Cc1ccc(B(O)O)cn1. The zero-order chi connectivity index (χ0) is 11.5. The summed E-state index contributed by atoms with van der Waals surface area (Å²) in [5, 5.41) is 17.7. The van der Waals surface area contributed by atoms with Crippen LogP contribution in [-0.2, 0) is 0 Å². The van der Waals surface area contributed by atoms with Gasteiger partial charge >= 0.3 is 7.12 Å². The van der Waals surface area contributed by atoms with Gasteiger partial charge in [0.2, 0.25) is 0 Å². The molecule has 0 saturated carbocycles. The first kappa shape index (κ1) is 12.0. The van der Waals surface area contributed by atoms with Crippen LogP contribution in [0, 0.1) is 11.5 Å². The lowest BCUT2D eigenvalue weighted by atomic mass is 9.82. The second-order valence-corrected chi connectivity index (χ2v) is 9.10. The maximum atomic E-state index is 8.86. The smallest absolute Gasteiger partial charge is 0.423 e. The van der Waals surface area contributed by atoms with Gasteiger partial charge in [-0.1, -0.05) is 31.6 Å². The third-order valence-electron chi connectivity index (χ3n) is 1.65. The summed E-state index contributed by atoms with van der Waals surface area (Å²) in [6.45, 7) is 6.48. The number of hydrogen-bond acceptors (Lipinski definition) is 3. The minimum absolute atomic E-state index is 0.383. The molecule has 0 bridgehead atoms. The van der Waals surface area contributed by atoms with E-state index in [0.29, 0.717) is 11.2 Å². The largest absolute Gasteiger partial charge is 0.490 e. The Balaban J connectivity index is 2.85. The number of aromatic nitrogens is 1. The van der Waals surface area contributed by atoms with E-state index in [0.717, 1.165) is 0 Å². The molecular formula is C10H14BNO2Si. The third-order valence-corrected chi connectivity index (χ3v) is 2.53. The van der Waals surface area contributed by atoms with Crippen molar-refractivity contribution in [1.29, 1.82) is 0 Å². The van der Waals surface area contributed by atoms with E-state index >= 15 is 0 Å². The van der Waals surface area contributed by atoms with Gasteiger partial charge in [0.1, 0.15) is 13.8 Å². The van der Waals surface area contributed by atoms with Gasteiger partial charge in [-0.25, -0.2) is 4.98 Å². The second-order valence-electron chi connectivity index (χ2n) is 4.35. The summed E-state index contributed by atoms with van der Waals surface area (Å²) >= 11 is 0. The van der Waals surface area contributed by atoms with Crippen LogP contribution in [0.2, 0.25) is 19.6 Å². The summed E-state index contributed by atoms with van der Waals surface area (Å²) in [7, 11) is -2.84. The first-order chi connectivity index (χ1) is 6.88. The molecule has 1 aromatic heterocycles. The van der Waals surface area contributed by atoms with Gasteiger partial charge in [0.05, 0.1) is 0 Å². The van der Waals surface area contributed by atoms with Crippen molar-refractivity contribution in [3.8, 4) is 11.5 Å². The molecule has 0 aromatic carbocycles. The molecule has 1 heterocycles. The Labute approximate surface area is 91.3 Å². The molecule has 0 radical (unpaired) electrons. The first-order valence-corrected chi connectivity index (χ1v) is 8.24. The van der Waals surface area contributed by atoms with E-state index in [2.05, 4.69) is 36.1 Å². The summed E-state index contributed by atoms with van der Waals surface area (Å²) in [6.07, 6.45) is 1.43. The molecule has 3 nitrogen and oxygen atoms in total. The zero-order valence-electron chi connectivity index (χ0n) is 9.15. The minimum Gasteiger partial charge on any atom is -0.423 e. The van der Waals surface area contributed by atoms with Gasteiger partial charge in [-0.05, 0) is 6.07 Å². The average Bonchev–Trinajstić information content (AvgIpc) is 2.14. The van der Waals surface area contributed by atoms with Gasteiger partial charge in [0.25, 0.3) is 0 Å². The monoisotopic (exact) mass is 219 g/mol. The average molecular weight is 219 g/mol. The molecule has 1 rings (SSSR count). The van der Waals surface area contributed by atoms with Crippen LogP contribution in [0.25, 0.3) is 0 Å². The molecule has 2 N–H and O–H groups in total. The third kappa shape index (κ3) is 4.30. The van der Waals surface area contributed by atoms with E-state index in [1.165, 1.54) is 6.20 Å². The standard InChI is InChI=1S/C10H14BNO2Si/c1-15(2,3)7-6-10-5-4-9(8-12-10)11(13)14/h4-5,8,13-14H,1-3H3. The number of hydrogen-bond donors (Lipinski definition) is 2. The zero-order valence-corrected chi connectivity index (χ0v) is 10.2. The highest BCUT2D eigenvalue weighted by atomic mass is 28.3. The van der Waals surface area contributed by atoms with Crippen LogP contribution in [0.3, 0.4) is 0 Å². The van der Waals surface area contributed by atoms with Crippen LogP contribution in [0.1, 0.15) is 5.69 Å². The molecule has 5 heteroatoms. The molecule has 0 atom stereocenters. The van der Waals surface area contributed by atoms with E-state index in [-0.39, 0.29) is 0 Å². The molecule has 0 saturated heterocycles. The van der Waals surface area contributed by atoms with Crippen LogP contribution in [0.5, 0.6) is 0 Å². The summed E-state index contributed by atoms with van der Waals surface area (Å²) in [5.74, 6) is 2.99. The lowest BCUT2D eigenvalue weighted by molar-refractivity contribution is 0.425. The maximum Gasteiger partial charge on any atom is 0.490 e. The lowest BCUT2D eigenvalue weighted by Gasteiger charge is -2.03. The van der Waals surface area contributed by atoms with Crippen molar-refractivity contribution in [2.24, 2.45) is 0 Å². The van der Waals surface area contributed by atoms with Gasteiger partial charge in [-0.2, -0.15) is 0 Å². The Morgan fingerprint density at radius 3 is 2.33 bits per heavy atom. The van der Waals surface area contributed by atoms with Crippen LogP contribution < -0.4 is 5.46 Å². The van der Waals surface area contributed by atoms with Crippen LogP contribution in [0.4, 0.5) is 0 Å². The summed E-state index contributed by atoms with van der Waals surface area (Å²) in [6, 6.07) is 3.31. The fourth-order valence-electron chi connectivity index (χ4n) is 0.884. The van der Waals surface area contributed by atoms with Gasteiger partial charge in [0.15, 0.2) is 0 Å². The number of pyridine rings is 1. The van der Waals surface area contributed by atoms with Crippen LogP contribution in [0.15, 0.2) is 18.3 Å². The molecule has 78 valence electrons. The topological polar surface area (TPSA) is 53.4 Å². The van der Waals surface area contributed by atoms with Crippen molar-refractivity contribution in [3.63, 3.8) is 0 Å². The van der Waals surface area contributed by atoms with Gasteiger partial charge in [-0.15, -0.1) is 5.54 Å². The fraction of sp³-hybridized carbons (Fsp3) is 0.300. The highest BCUT2D eigenvalue weighted by molar-refractivity contribution is 6.83. The fourth-order valence-corrected chi connectivity index (χ4v) is 1.39. The molecule has 0 unspecified atom stereocenters. The molecule has 0 fully saturated rings. The summed E-state index contributed by atoms with van der Waals surface area (Å²) < 4.78 is 0. The molecule has 0 spiro atoms. The van der Waals surface area contributed by atoms with E-state index in [1.807, 2.05) is 0 Å². The molecule has 0 aliphatic carbocycles. The Morgan fingerprint density at radius 2 is 1.93 bits per heavy atom. The normalized spacial score (nSPS) is 10.5. The van der Waals surface area contributed by atoms with Crippen molar-refractivity contribution in [1.82, 2.24) is 4.98 Å². The van der Waals surface area contributed by atoms with Crippen LogP contribution >= 0.6 is 0 Å². The lowest BCUT2D eigenvalue weighted by Crippen LogP contribution is -2.30. The Bertz CT molecular complexity index is 387. The van der Waals surface area contributed by atoms with Gasteiger partial charge in [0, 0.05) is 11.7 Å². The molecule has 0 aliphatic rings. The van der Waals surface area contributed by atoms with Crippen molar-refractivity contribution >= 4 is 20.7 Å². The summed E-state index contributed by atoms with van der Waals surface area (Å²) in [5.41, 5.74) is 4.24. The molecule has 1 aromatic rings. The van der Waals surface area contributed by atoms with Crippen molar-refractivity contribution in [2.75, 3.05) is 0 Å². The second kappa shape index (κ2) is 4.62. The van der Waals surface area contributed by atoms with Crippen molar-refractivity contribution < 1.29 is 10.0 Å². The Morgan fingerprint density at radius 1 is 1.27 bits per heavy atom. The molecule has 0 amide bonds. The van der Waals surface area contributed by atoms with Gasteiger partial charge in [-0.3, -0.25) is 0 Å². The highest BCUT2D eigenvalue weighted by Gasteiger charge is 2.10. The predicted molar refractivity (Wildman–Crippen MR) is 64.3 cm³/mol. The van der Waals surface area contributed by atoms with E-state index < -0.39 is 15.2 Å². The van der Waals surface area contributed by atoms with Crippen molar-refractivity contribution in [3.05, 3.63) is 24.0 Å². The Kier molecular flexibility index (Phi) is 3.69. The number of rotatable bonds is 1. The predicted octanol–water partition coefficient (Wildman–Crippen LogP) is -0.00970. The molecule has 0 aliphatic heterocycles. The highest BCUT2D eigenvalue weighted by Crippen LogP contribution is 1.98. The molecular weight excluding hydrogens is 205 g/mol. The van der Waals surface area contributed by atoms with Crippen molar-refractivity contribution in [2.45, 2.75) is 19.6 Å². The quantitative estimate of drug-likeness (QED) is 0.516. The Hall–Kier alpha value is -1.09. The van der Waals surface area contributed by atoms with E-state index in [4.69, 9.17) is 10.0 Å². The maximum absolute atomic E-state index is 8.86. The molecule has 15 heavy (non-hydrogen) atoms. The van der Waals surface area contributed by atoms with E-state index in [9.17, 15) is 0 Å². The summed E-state index contributed by atoms with van der Waals surface area (Å²) in [4.78, 5) is 4.03. The van der Waals surface area contributed by atoms with E-state index in [1.54, 1.807) is 12.1 Å². The number of nitrogens with zero attached hydrogens (tertiary/aromatic N) is 1. The van der Waals surface area contributed by atoms with Crippen LogP contribution in [-0.4, -0.2) is 30.2 Å². The van der Waals surface area contributed by atoms with Gasteiger partial charge < -0.3 is 10.0 Å².